The summed E-state index contributed by atoms with van der Waals surface area (Å²) >= 11 is 0. The number of amides is 1. The van der Waals surface area contributed by atoms with E-state index < -0.39 is 5.97 Å². The molecular weight excluding hydrogens is 296 g/mol. The molecule has 0 aromatic heterocycles. The normalized spacial score (nSPS) is 11.5. The SMILES string of the molecule is COCCCN(C(=O)C[C@@H](C)CC(=O)O)c1ccc(C#N)cc1. The summed E-state index contributed by atoms with van der Waals surface area (Å²) < 4.78 is 5.02. The highest BCUT2D eigenvalue weighted by molar-refractivity contribution is 5.93. The molecule has 0 spiro atoms. The Morgan fingerprint density at radius 2 is 1.96 bits per heavy atom. The van der Waals surface area contributed by atoms with E-state index in [-0.39, 0.29) is 24.7 Å². The third-order valence-corrected chi connectivity index (χ3v) is 3.39. The highest BCUT2D eigenvalue weighted by Gasteiger charge is 2.19. The maximum Gasteiger partial charge on any atom is 0.303 e. The molecule has 0 radical (unpaired) electrons. The Morgan fingerprint density at radius 1 is 1.30 bits per heavy atom. The number of carboxylic acid groups (broad SMARTS) is 1. The van der Waals surface area contributed by atoms with Gasteiger partial charge in [0.05, 0.1) is 11.6 Å². The Balaban J connectivity index is 2.83. The standard InChI is InChI=1S/C17H22N2O4/c1-13(11-17(21)22)10-16(20)19(8-3-9-23-2)15-6-4-14(12-18)5-7-15/h4-7,13H,3,8-11H2,1-2H3,(H,21,22)/t13-/m1/s1. The van der Waals surface area contributed by atoms with Gasteiger partial charge in [-0.2, -0.15) is 5.26 Å². The van der Waals surface area contributed by atoms with Gasteiger partial charge >= 0.3 is 5.97 Å². The summed E-state index contributed by atoms with van der Waals surface area (Å²) in [6.07, 6.45) is 0.805. The number of methoxy groups -OCH3 is 1. The number of nitriles is 1. The number of carbonyl (C=O) groups excluding carboxylic acids is 1. The van der Waals surface area contributed by atoms with Crippen molar-refractivity contribution in [3.05, 3.63) is 29.8 Å². The lowest BCUT2D eigenvalue weighted by molar-refractivity contribution is -0.138. The zero-order valence-corrected chi connectivity index (χ0v) is 13.5. The van der Waals surface area contributed by atoms with Crippen molar-refractivity contribution in [1.82, 2.24) is 0 Å². The van der Waals surface area contributed by atoms with E-state index in [1.807, 2.05) is 6.07 Å². The molecule has 0 saturated heterocycles. The number of hydrogen-bond donors (Lipinski definition) is 1. The molecule has 0 aliphatic heterocycles. The highest BCUT2D eigenvalue weighted by atomic mass is 16.5. The Bertz CT molecular complexity index is 563. The molecular formula is C17H22N2O4. The molecule has 6 nitrogen and oxygen atoms in total. The maximum absolute atomic E-state index is 12.5. The van der Waals surface area contributed by atoms with Gasteiger partial charge in [-0.25, -0.2) is 0 Å². The molecule has 124 valence electrons. The number of nitrogens with zero attached hydrogens (tertiary/aromatic N) is 2. The van der Waals surface area contributed by atoms with E-state index in [0.717, 1.165) is 0 Å². The zero-order chi connectivity index (χ0) is 17.2. The van der Waals surface area contributed by atoms with Gasteiger partial charge in [0.15, 0.2) is 0 Å². The summed E-state index contributed by atoms with van der Waals surface area (Å²) in [5.74, 6) is -1.27. The predicted octanol–water partition coefficient (Wildman–Crippen LogP) is 2.43. The van der Waals surface area contributed by atoms with Crippen LogP contribution in [0, 0.1) is 17.2 Å². The lowest BCUT2D eigenvalue weighted by Crippen LogP contribution is -2.33. The Kier molecular flexibility index (Phi) is 7.78. The first-order valence-electron chi connectivity index (χ1n) is 7.49. The molecule has 1 N–H and O–H groups in total. The van der Waals surface area contributed by atoms with E-state index in [1.165, 1.54) is 0 Å². The summed E-state index contributed by atoms with van der Waals surface area (Å²) in [5.41, 5.74) is 1.23. The van der Waals surface area contributed by atoms with Crippen LogP contribution < -0.4 is 4.90 Å². The summed E-state index contributed by atoms with van der Waals surface area (Å²) in [6, 6.07) is 8.81. The third kappa shape index (κ3) is 6.49. The van der Waals surface area contributed by atoms with Crippen LogP contribution in [0.25, 0.3) is 0 Å². The smallest absolute Gasteiger partial charge is 0.303 e. The molecule has 0 bridgehead atoms. The van der Waals surface area contributed by atoms with E-state index in [0.29, 0.717) is 30.8 Å². The van der Waals surface area contributed by atoms with Gasteiger partial charge in [-0.1, -0.05) is 6.92 Å². The molecule has 0 aliphatic carbocycles. The average Bonchev–Trinajstić information content (AvgIpc) is 2.51. The second-order valence-corrected chi connectivity index (χ2v) is 5.46. The van der Waals surface area contributed by atoms with Gasteiger partial charge in [-0.3, -0.25) is 9.59 Å². The third-order valence-electron chi connectivity index (χ3n) is 3.39. The highest BCUT2D eigenvalue weighted by Crippen LogP contribution is 2.19. The van der Waals surface area contributed by atoms with Gasteiger partial charge in [0.2, 0.25) is 5.91 Å². The second kappa shape index (κ2) is 9.59. The summed E-state index contributed by atoms with van der Waals surface area (Å²) in [6.45, 7) is 2.77. The first-order valence-corrected chi connectivity index (χ1v) is 7.49. The van der Waals surface area contributed by atoms with Crippen molar-refractivity contribution < 1.29 is 19.4 Å². The van der Waals surface area contributed by atoms with E-state index >= 15 is 0 Å². The van der Waals surface area contributed by atoms with Crippen LogP contribution >= 0.6 is 0 Å². The molecule has 23 heavy (non-hydrogen) atoms. The first kappa shape index (κ1) is 18.7. The number of aliphatic carboxylic acids is 1. The maximum atomic E-state index is 12.5. The molecule has 1 atom stereocenters. The van der Waals surface area contributed by atoms with Crippen molar-refractivity contribution in [3.63, 3.8) is 0 Å². The largest absolute Gasteiger partial charge is 0.481 e. The van der Waals surface area contributed by atoms with Crippen LogP contribution in [0.5, 0.6) is 0 Å². The number of ether oxygens (including phenoxy) is 1. The fourth-order valence-electron chi connectivity index (χ4n) is 2.26. The monoisotopic (exact) mass is 318 g/mol. The van der Waals surface area contributed by atoms with Gasteiger partial charge in [0.25, 0.3) is 0 Å². The van der Waals surface area contributed by atoms with E-state index in [4.69, 9.17) is 15.1 Å². The van der Waals surface area contributed by atoms with Crippen LogP contribution in [-0.2, 0) is 14.3 Å². The van der Waals surface area contributed by atoms with Crippen LogP contribution in [0.3, 0.4) is 0 Å². The number of hydrogen-bond acceptors (Lipinski definition) is 4. The van der Waals surface area contributed by atoms with Crippen molar-refractivity contribution in [2.75, 3.05) is 25.2 Å². The second-order valence-electron chi connectivity index (χ2n) is 5.46. The van der Waals surface area contributed by atoms with Crippen molar-refractivity contribution in [2.24, 2.45) is 5.92 Å². The molecule has 0 heterocycles. The number of rotatable bonds is 9. The van der Waals surface area contributed by atoms with Crippen molar-refractivity contribution in [1.29, 1.82) is 5.26 Å². The van der Waals surface area contributed by atoms with Crippen LogP contribution in [0.15, 0.2) is 24.3 Å². The minimum atomic E-state index is -0.908. The molecule has 0 fully saturated rings. The fraction of sp³-hybridized carbons (Fsp3) is 0.471. The van der Waals surface area contributed by atoms with Crippen LogP contribution in [-0.4, -0.2) is 37.2 Å². The molecule has 6 heteroatoms. The molecule has 0 unspecified atom stereocenters. The Labute approximate surface area is 136 Å². The number of carboxylic acids is 1. The zero-order valence-electron chi connectivity index (χ0n) is 13.5. The minimum Gasteiger partial charge on any atom is -0.481 e. The molecule has 1 amide bonds. The molecule has 1 aromatic carbocycles. The average molecular weight is 318 g/mol. The van der Waals surface area contributed by atoms with Crippen LogP contribution in [0.4, 0.5) is 5.69 Å². The summed E-state index contributed by atoms with van der Waals surface area (Å²) in [4.78, 5) is 24.9. The molecule has 0 saturated carbocycles. The van der Waals surface area contributed by atoms with Gasteiger partial charge in [-0.15, -0.1) is 0 Å². The van der Waals surface area contributed by atoms with E-state index in [1.54, 1.807) is 43.2 Å². The summed E-state index contributed by atoms with van der Waals surface area (Å²) in [7, 11) is 1.60. The van der Waals surface area contributed by atoms with Gasteiger partial charge in [0.1, 0.15) is 0 Å². The van der Waals surface area contributed by atoms with Crippen molar-refractivity contribution >= 4 is 17.6 Å². The molecule has 0 aliphatic rings. The topological polar surface area (TPSA) is 90.6 Å². The fourth-order valence-corrected chi connectivity index (χ4v) is 2.26. The van der Waals surface area contributed by atoms with Gasteiger partial charge in [-0.05, 0) is 36.6 Å². The van der Waals surface area contributed by atoms with Gasteiger partial charge in [0, 0.05) is 38.8 Å². The van der Waals surface area contributed by atoms with Crippen molar-refractivity contribution in [3.8, 4) is 6.07 Å². The predicted molar refractivity (Wildman–Crippen MR) is 86.0 cm³/mol. The van der Waals surface area contributed by atoms with Crippen LogP contribution in [0.1, 0.15) is 31.7 Å². The Hall–Kier alpha value is -2.39. The Morgan fingerprint density at radius 3 is 2.48 bits per heavy atom. The lowest BCUT2D eigenvalue weighted by atomic mass is 10.0. The molecule has 1 aromatic rings. The van der Waals surface area contributed by atoms with E-state index in [2.05, 4.69) is 0 Å². The quantitative estimate of drug-likeness (QED) is 0.706. The lowest BCUT2D eigenvalue weighted by Gasteiger charge is -2.24. The minimum absolute atomic E-state index is 0.0367. The van der Waals surface area contributed by atoms with Gasteiger partial charge < -0.3 is 14.7 Å². The number of benzene rings is 1. The first-order chi connectivity index (χ1) is 11.0. The van der Waals surface area contributed by atoms with Crippen molar-refractivity contribution in [2.45, 2.75) is 26.2 Å². The number of carbonyl (C=O) groups is 2. The summed E-state index contributed by atoms with van der Waals surface area (Å²) in [5, 5.41) is 17.7. The van der Waals surface area contributed by atoms with Crippen LogP contribution in [0.2, 0.25) is 0 Å². The molecule has 1 rings (SSSR count). The van der Waals surface area contributed by atoms with E-state index in [9.17, 15) is 9.59 Å². The number of anilines is 1.